The molecule has 0 aliphatic heterocycles. The summed E-state index contributed by atoms with van der Waals surface area (Å²) in [5.41, 5.74) is 0. The van der Waals surface area contributed by atoms with Crippen LogP contribution in [0.1, 0.15) is 207 Å². The molecule has 2 N–H and O–H groups in total. The van der Waals surface area contributed by atoms with Crippen LogP contribution in [0.3, 0.4) is 0 Å². The van der Waals surface area contributed by atoms with Crippen LogP contribution < -0.4 is 0 Å². The summed E-state index contributed by atoms with van der Waals surface area (Å²) in [5.74, 6) is -3.37. The summed E-state index contributed by atoms with van der Waals surface area (Å²) < 4.78 is 23.0. The van der Waals surface area contributed by atoms with Crippen molar-refractivity contribution in [2.45, 2.75) is 229 Å². The van der Waals surface area contributed by atoms with Crippen molar-refractivity contribution in [1.29, 1.82) is 0 Å². The van der Waals surface area contributed by atoms with E-state index in [0.29, 0.717) is 34.6 Å². The molecule has 0 rings (SSSR count). The third kappa shape index (κ3) is 30.5. The van der Waals surface area contributed by atoms with Gasteiger partial charge >= 0.3 is 239 Å². The van der Waals surface area contributed by atoms with E-state index in [2.05, 4.69) is 13.8 Å². The van der Waals surface area contributed by atoms with Crippen LogP contribution in [-0.4, -0.2) is 78.7 Å². The number of unbranched alkanes of at least 4 members (excludes halogenated alkanes) is 22. The van der Waals surface area contributed by atoms with E-state index in [9.17, 15) is 29.4 Å². The molecule has 0 radical (unpaired) electrons. The van der Waals surface area contributed by atoms with Crippen molar-refractivity contribution in [3.63, 3.8) is 0 Å². The fourth-order valence-electron chi connectivity index (χ4n) is 6.29. The van der Waals surface area contributed by atoms with Gasteiger partial charge in [-0.2, -0.15) is 0 Å². The summed E-state index contributed by atoms with van der Waals surface area (Å²) in [7, 11) is 0. The Morgan fingerprint density at radius 1 is 0.415 bits per heavy atom. The van der Waals surface area contributed by atoms with Crippen LogP contribution in [0.5, 0.6) is 0 Å². The molecule has 0 aromatic heterocycles. The van der Waals surface area contributed by atoms with E-state index >= 15 is 0 Å². The zero-order chi connectivity index (χ0) is 39.4. The minimum atomic E-state index is -4.46. The van der Waals surface area contributed by atoms with Crippen molar-refractivity contribution in [1.82, 2.24) is 0 Å². The standard InChI is InChI=1S/2C17H32O5.2C4H9.Sn/c2*1-2-3-4-5-6-7-8-9-10-11-12-13-22-17(21)15(18)14-16(19)20;2*1-3-4-2;/h2*15,18H,2-14H2,1H3,(H,19,20);2*1,3-4H2,2H3;/q;;;;+2/p-2. The Bertz CT molecular complexity index is 842. The van der Waals surface area contributed by atoms with Crippen molar-refractivity contribution in [2.75, 3.05) is 13.2 Å². The van der Waals surface area contributed by atoms with E-state index in [1.165, 1.54) is 89.9 Å². The first-order valence-electron chi connectivity index (χ1n) is 21.8. The Morgan fingerprint density at radius 3 is 0.962 bits per heavy atom. The van der Waals surface area contributed by atoms with E-state index in [1.54, 1.807) is 0 Å². The number of carbonyl (C=O) groups excluding carboxylic acids is 4. The number of carbonyl (C=O) groups is 4. The second kappa shape index (κ2) is 36.2. The van der Waals surface area contributed by atoms with Crippen LogP contribution in [0.2, 0.25) is 8.87 Å². The molecule has 0 aliphatic carbocycles. The topological polar surface area (TPSA) is 146 Å². The summed E-state index contributed by atoms with van der Waals surface area (Å²) >= 11 is -4.46. The van der Waals surface area contributed by atoms with Gasteiger partial charge in [0.15, 0.2) is 0 Å². The monoisotopic (exact) mass is 864 g/mol. The molecule has 11 heteroatoms. The summed E-state index contributed by atoms with van der Waals surface area (Å²) in [4.78, 5) is 50.9. The Kier molecular flexibility index (Phi) is 35.3. The zero-order valence-electron chi connectivity index (χ0n) is 34.4. The van der Waals surface area contributed by atoms with Gasteiger partial charge in [0.2, 0.25) is 0 Å². The molecule has 2 unspecified atom stereocenters. The van der Waals surface area contributed by atoms with Gasteiger partial charge in [0.05, 0.1) is 0 Å². The van der Waals surface area contributed by atoms with Gasteiger partial charge in [0.25, 0.3) is 0 Å². The normalized spacial score (nSPS) is 12.6. The van der Waals surface area contributed by atoms with Crippen LogP contribution in [-0.2, 0) is 34.8 Å². The second-order valence-corrected chi connectivity index (χ2v) is 24.1. The number of rotatable bonds is 38. The Balaban J connectivity index is 4.67. The minimum Gasteiger partial charge on any atom is -0.0654 e. The van der Waals surface area contributed by atoms with E-state index < -0.39 is 68.1 Å². The van der Waals surface area contributed by atoms with Gasteiger partial charge in [-0.05, 0) is 0 Å². The molecular formula is C42H80O10Sn. The predicted molar refractivity (Wildman–Crippen MR) is 213 cm³/mol. The molecule has 10 nitrogen and oxygen atoms in total. The molecule has 0 fully saturated rings. The maximum absolute atomic E-state index is 13.0. The molecular weight excluding hydrogens is 783 g/mol. The van der Waals surface area contributed by atoms with E-state index in [4.69, 9.17) is 15.6 Å². The van der Waals surface area contributed by atoms with Crippen LogP contribution in [0, 0.1) is 0 Å². The Hall–Kier alpha value is -1.40. The Morgan fingerprint density at radius 2 is 0.679 bits per heavy atom. The number of hydrogen-bond acceptors (Lipinski definition) is 10. The van der Waals surface area contributed by atoms with Crippen molar-refractivity contribution in [3.8, 4) is 0 Å². The molecule has 2 atom stereocenters. The molecule has 0 aromatic rings. The molecule has 0 aromatic carbocycles. The number of aliphatic hydroxyl groups is 2. The SMILES string of the molecule is CCCCCCCCCCCCCOC(=O)C(O)CC(=O)[O][Sn]([CH2]CCC)([CH2]CCC)[O]C(=O)CC(O)C(=O)OCCCCCCCCCCCCC. The molecule has 0 aliphatic rings. The van der Waals surface area contributed by atoms with Crippen LogP contribution in [0.25, 0.3) is 0 Å². The Labute approximate surface area is 328 Å². The van der Waals surface area contributed by atoms with Crippen molar-refractivity contribution < 1.29 is 45.0 Å². The van der Waals surface area contributed by atoms with Gasteiger partial charge in [-0.1, -0.05) is 90.9 Å². The average molecular weight is 864 g/mol. The van der Waals surface area contributed by atoms with Gasteiger partial charge in [0, 0.05) is 0 Å². The average Bonchev–Trinajstić information content (AvgIpc) is 3.13. The third-order valence-corrected chi connectivity index (χ3v) is 19.5. The zero-order valence-corrected chi connectivity index (χ0v) is 37.3. The van der Waals surface area contributed by atoms with Crippen LogP contribution >= 0.6 is 0 Å². The van der Waals surface area contributed by atoms with E-state index in [-0.39, 0.29) is 13.2 Å². The summed E-state index contributed by atoms with van der Waals surface area (Å²) in [6.07, 6.45) is 24.0. The predicted octanol–water partition coefficient (Wildman–Crippen LogP) is 10.3. The van der Waals surface area contributed by atoms with E-state index in [1.807, 2.05) is 13.8 Å². The maximum atomic E-state index is 13.0. The number of aliphatic hydroxyl groups excluding tert-OH is 2. The first-order chi connectivity index (χ1) is 25.6. The molecule has 0 heterocycles. The quantitative estimate of drug-likeness (QED) is 0.0349. The summed E-state index contributed by atoms with van der Waals surface area (Å²) in [5, 5.41) is 20.8. The van der Waals surface area contributed by atoms with E-state index in [0.717, 1.165) is 51.4 Å². The van der Waals surface area contributed by atoms with Crippen molar-refractivity contribution in [2.24, 2.45) is 0 Å². The van der Waals surface area contributed by atoms with Gasteiger partial charge in [0.1, 0.15) is 0 Å². The van der Waals surface area contributed by atoms with Crippen molar-refractivity contribution >= 4 is 43.1 Å². The molecule has 0 bridgehead atoms. The van der Waals surface area contributed by atoms with Gasteiger partial charge in [-0.3, -0.25) is 0 Å². The van der Waals surface area contributed by atoms with Crippen molar-refractivity contribution in [3.05, 3.63) is 0 Å². The first kappa shape index (κ1) is 51.6. The number of esters is 2. The molecule has 312 valence electrons. The van der Waals surface area contributed by atoms with Gasteiger partial charge < -0.3 is 0 Å². The summed E-state index contributed by atoms with van der Waals surface area (Å²) in [6.45, 7) is 8.76. The molecule has 0 saturated carbocycles. The molecule has 0 saturated heterocycles. The van der Waals surface area contributed by atoms with Crippen LogP contribution in [0.15, 0.2) is 0 Å². The first-order valence-corrected chi connectivity index (χ1v) is 28.1. The minimum absolute atomic E-state index is 0.180. The third-order valence-electron chi connectivity index (χ3n) is 9.67. The fourth-order valence-corrected chi connectivity index (χ4v) is 16.2. The fraction of sp³-hybridized carbons (Fsp3) is 0.905. The number of hydrogen-bond donors (Lipinski definition) is 2. The van der Waals surface area contributed by atoms with Gasteiger partial charge in [-0.15, -0.1) is 0 Å². The van der Waals surface area contributed by atoms with Gasteiger partial charge in [-0.25, -0.2) is 0 Å². The molecule has 0 amide bonds. The molecule has 53 heavy (non-hydrogen) atoms. The second-order valence-electron chi connectivity index (χ2n) is 14.9. The van der Waals surface area contributed by atoms with Crippen LogP contribution in [0.4, 0.5) is 0 Å². The number of ether oxygens (including phenoxy) is 2. The smallest absolute Gasteiger partial charge is 0.0654 e. The summed E-state index contributed by atoms with van der Waals surface area (Å²) in [6, 6.07) is 0. The molecule has 0 spiro atoms.